The van der Waals surface area contributed by atoms with Crippen molar-refractivity contribution < 1.29 is 22.7 Å². The minimum absolute atomic E-state index is 0.0539. The second kappa shape index (κ2) is 3.94. The molecule has 2 rings (SSSR count). The van der Waals surface area contributed by atoms with E-state index >= 15 is 0 Å². The van der Waals surface area contributed by atoms with Gasteiger partial charge in [-0.15, -0.1) is 0 Å². The summed E-state index contributed by atoms with van der Waals surface area (Å²) >= 11 is 0. The number of methoxy groups -OCH3 is 1. The lowest BCUT2D eigenvalue weighted by atomic mass is 10.0. The van der Waals surface area contributed by atoms with Gasteiger partial charge in [0.25, 0.3) is 0 Å². The summed E-state index contributed by atoms with van der Waals surface area (Å²) in [6, 6.07) is 1.98. The average molecular weight is 245 g/mol. The van der Waals surface area contributed by atoms with E-state index in [9.17, 15) is 18.0 Å². The third-order valence-corrected chi connectivity index (χ3v) is 2.83. The maximum absolute atomic E-state index is 13.5. The lowest BCUT2D eigenvalue weighted by Crippen LogP contribution is -2.35. The van der Waals surface area contributed by atoms with Crippen LogP contribution in [0.3, 0.4) is 0 Å². The highest BCUT2D eigenvalue weighted by Gasteiger charge is 2.48. The van der Waals surface area contributed by atoms with Crippen LogP contribution >= 0.6 is 0 Å². The van der Waals surface area contributed by atoms with Gasteiger partial charge in [-0.25, -0.2) is 18.0 Å². The molecule has 1 aliphatic carbocycles. The molecule has 1 aliphatic rings. The third-order valence-electron chi connectivity index (χ3n) is 2.83. The van der Waals surface area contributed by atoms with Gasteiger partial charge in [0, 0.05) is 5.56 Å². The van der Waals surface area contributed by atoms with Gasteiger partial charge < -0.3 is 10.1 Å². The second-order valence-corrected chi connectivity index (χ2v) is 3.92. The van der Waals surface area contributed by atoms with E-state index in [4.69, 9.17) is 0 Å². The Labute approximate surface area is 95.6 Å². The number of rotatable bonds is 2. The monoisotopic (exact) mass is 245 g/mol. The van der Waals surface area contributed by atoms with Crippen LogP contribution in [0.4, 0.5) is 18.0 Å². The molecule has 92 valence electrons. The summed E-state index contributed by atoms with van der Waals surface area (Å²) < 4.78 is 43.8. The minimum atomic E-state index is -1.53. The van der Waals surface area contributed by atoms with Crippen molar-refractivity contribution in [2.24, 2.45) is 0 Å². The first-order chi connectivity index (χ1) is 8.00. The van der Waals surface area contributed by atoms with Gasteiger partial charge >= 0.3 is 6.09 Å². The Kier molecular flexibility index (Phi) is 2.73. The van der Waals surface area contributed by atoms with E-state index in [2.05, 4.69) is 10.1 Å². The molecular weight excluding hydrogens is 235 g/mol. The van der Waals surface area contributed by atoms with Crippen molar-refractivity contribution in [1.82, 2.24) is 5.32 Å². The predicted octanol–water partition coefficient (Wildman–Crippen LogP) is 2.45. The van der Waals surface area contributed by atoms with Gasteiger partial charge in [-0.2, -0.15) is 0 Å². The first-order valence-electron chi connectivity index (χ1n) is 5.00. The van der Waals surface area contributed by atoms with E-state index in [1.807, 2.05) is 0 Å². The summed E-state index contributed by atoms with van der Waals surface area (Å²) in [4.78, 5) is 11.1. The van der Waals surface area contributed by atoms with Crippen molar-refractivity contribution in [3.8, 4) is 0 Å². The molecule has 1 aromatic carbocycles. The molecule has 0 radical (unpaired) electrons. The zero-order chi connectivity index (χ0) is 12.6. The van der Waals surface area contributed by atoms with Crippen LogP contribution in [0.15, 0.2) is 12.1 Å². The van der Waals surface area contributed by atoms with Crippen LogP contribution in [-0.4, -0.2) is 13.2 Å². The number of alkyl carbamates (subject to hydrolysis) is 1. The van der Waals surface area contributed by atoms with Gasteiger partial charge in [0.05, 0.1) is 12.6 Å². The highest BCUT2D eigenvalue weighted by atomic mass is 19.2. The molecule has 0 aliphatic heterocycles. The standard InChI is InChI=1S/C11H10F3NO2/c1-17-10(16)15-11(4-5-11)6-2-3-7(12)9(14)8(6)13/h2-3H,4-5H2,1H3,(H,15,16). The number of amides is 1. The number of benzene rings is 1. The number of carbonyl (C=O) groups excluding carboxylic acids is 1. The second-order valence-electron chi connectivity index (χ2n) is 3.92. The first-order valence-corrected chi connectivity index (χ1v) is 5.00. The third kappa shape index (κ3) is 1.94. The largest absolute Gasteiger partial charge is 0.453 e. The average Bonchev–Trinajstić information content (AvgIpc) is 3.06. The molecule has 1 aromatic rings. The fraction of sp³-hybridized carbons (Fsp3) is 0.364. The van der Waals surface area contributed by atoms with E-state index < -0.39 is 29.1 Å². The summed E-state index contributed by atoms with van der Waals surface area (Å²) in [5, 5.41) is 2.43. The number of nitrogens with one attached hydrogen (secondary N) is 1. The molecule has 0 heterocycles. The first kappa shape index (κ1) is 11.8. The fourth-order valence-electron chi connectivity index (χ4n) is 1.73. The van der Waals surface area contributed by atoms with Crippen LogP contribution in [-0.2, 0) is 10.3 Å². The SMILES string of the molecule is COC(=O)NC1(c2ccc(F)c(F)c2F)CC1. The van der Waals surface area contributed by atoms with E-state index in [0.29, 0.717) is 12.8 Å². The number of hydrogen-bond acceptors (Lipinski definition) is 2. The minimum Gasteiger partial charge on any atom is -0.453 e. The molecule has 0 atom stereocenters. The van der Waals surface area contributed by atoms with Crippen molar-refractivity contribution in [2.75, 3.05) is 7.11 Å². The topological polar surface area (TPSA) is 38.3 Å². The quantitative estimate of drug-likeness (QED) is 0.813. The molecule has 1 N–H and O–H groups in total. The molecule has 6 heteroatoms. The molecule has 1 saturated carbocycles. The zero-order valence-electron chi connectivity index (χ0n) is 9.02. The van der Waals surface area contributed by atoms with Crippen molar-refractivity contribution in [1.29, 1.82) is 0 Å². The van der Waals surface area contributed by atoms with Gasteiger partial charge in [-0.05, 0) is 18.9 Å². The molecule has 0 spiro atoms. The number of halogens is 3. The Hall–Kier alpha value is -1.72. The summed E-state index contributed by atoms with van der Waals surface area (Å²) in [6.07, 6.45) is 0.195. The van der Waals surface area contributed by atoms with E-state index in [1.165, 1.54) is 7.11 Å². The zero-order valence-corrected chi connectivity index (χ0v) is 9.02. The Bertz CT molecular complexity index is 472. The summed E-state index contributed by atoms with van der Waals surface area (Å²) in [6.45, 7) is 0. The van der Waals surface area contributed by atoms with Gasteiger partial charge in [0.15, 0.2) is 17.5 Å². The molecule has 1 fully saturated rings. The van der Waals surface area contributed by atoms with Crippen LogP contribution in [0, 0.1) is 17.5 Å². The van der Waals surface area contributed by atoms with Gasteiger partial charge in [0.2, 0.25) is 0 Å². The fourth-order valence-corrected chi connectivity index (χ4v) is 1.73. The summed E-state index contributed by atoms with van der Waals surface area (Å²) in [5.41, 5.74) is -1.02. The molecule has 0 bridgehead atoms. The van der Waals surface area contributed by atoms with Gasteiger partial charge in [0.1, 0.15) is 0 Å². The molecule has 0 saturated heterocycles. The lowest BCUT2D eigenvalue weighted by Gasteiger charge is -2.17. The normalized spacial score (nSPS) is 16.5. The van der Waals surface area contributed by atoms with Crippen molar-refractivity contribution in [3.05, 3.63) is 35.1 Å². The van der Waals surface area contributed by atoms with Gasteiger partial charge in [-0.3, -0.25) is 0 Å². The number of ether oxygens (including phenoxy) is 1. The highest BCUT2D eigenvalue weighted by Crippen LogP contribution is 2.46. The molecular formula is C11H10F3NO2. The smallest absolute Gasteiger partial charge is 0.407 e. The van der Waals surface area contributed by atoms with Crippen LogP contribution in [0.25, 0.3) is 0 Å². The Balaban J connectivity index is 2.35. The van der Waals surface area contributed by atoms with E-state index in [-0.39, 0.29) is 5.56 Å². The number of carbonyl (C=O) groups is 1. The summed E-state index contributed by atoms with van der Waals surface area (Å²) in [5.74, 6) is -4.04. The Morgan fingerprint density at radius 2 is 1.94 bits per heavy atom. The maximum atomic E-state index is 13.5. The molecule has 0 aromatic heterocycles. The van der Waals surface area contributed by atoms with Crippen LogP contribution in [0.1, 0.15) is 18.4 Å². The molecule has 1 amide bonds. The van der Waals surface area contributed by atoms with E-state index in [1.54, 1.807) is 0 Å². The Morgan fingerprint density at radius 1 is 1.29 bits per heavy atom. The highest BCUT2D eigenvalue weighted by molar-refractivity contribution is 5.69. The maximum Gasteiger partial charge on any atom is 0.407 e. The predicted molar refractivity (Wildman–Crippen MR) is 52.8 cm³/mol. The molecule has 3 nitrogen and oxygen atoms in total. The van der Waals surface area contributed by atoms with Crippen LogP contribution in [0.5, 0.6) is 0 Å². The summed E-state index contributed by atoms with van der Waals surface area (Å²) in [7, 11) is 1.17. The van der Waals surface area contributed by atoms with Crippen LogP contribution < -0.4 is 5.32 Å². The van der Waals surface area contributed by atoms with E-state index in [0.717, 1.165) is 12.1 Å². The van der Waals surface area contributed by atoms with Gasteiger partial charge in [-0.1, -0.05) is 6.07 Å². The van der Waals surface area contributed by atoms with Crippen molar-refractivity contribution >= 4 is 6.09 Å². The van der Waals surface area contributed by atoms with Crippen LogP contribution in [0.2, 0.25) is 0 Å². The lowest BCUT2D eigenvalue weighted by molar-refractivity contribution is 0.164. The Morgan fingerprint density at radius 3 is 2.47 bits per heavy atom. The van der Waals surface area contributed by atoms with Crippen molar-refractivity contribution in [2.45, 2.75) is 18.4 Å². The van der Waals surface area contributed by atoms with Crippen molar-refractivity contribution in [3.63, 3.8) is 0 Å². The molecule has 17 heavy (non-hydrogen) atoms. The molecule has 0 unspecified atom stereocenters. The number of hydrogen-bond donors (Lipinski definition) is 1.